The third kappa shape index (κ3) is 6.98. The van der Waals surface area contributed by atoms with E-state index in [1.54, 1.807) is 6.07 Å². The van der Waals surface area contributed by atoms with Gasteiger partial charge < -0.3 is 5.11 Å². The van der Waals surface area contributed by atoms with Gasteiger partial charge >= 0.3 is 0 Å². The van der Waals surface area contributed by atoms with Gasteiger partial charge in [-0.15, -0.1) is 0 Å². The normalized spacial score (nSPS) is 12.3. The molecule has 0 unspecified atom stereocenters. The molecule has 2 aromatic heterocycles. The van der Waals surface area contributed by atoms with Gasteiger partial charge in [0.25, 0.3) is 0 Å². The largest absolute Gasteiger partial charge is 0.507 e. The SMILES string of the molecule is CC(C)c1cccc(C(C)C)c1-n1c(-c2ccccc2O)nc2c(-c3cc(-c4cc(C(C)(C)C)cc(C(C)(C)C)c4)cc(-c4ccccn4)c3)cccc21. The molecule has 5 aromatic carbocycles. The molecule has 0 radical (unpaired) electrons. The Balaban J connectivity index is 1.57. The number of aromatic nitrogens is 3. The van der Waals surface area contributed by atoms with Crippen molar-refractivity contribution in [2.45, 2.75) is 91.9 Å². The second-order valence-electron chi connectivity index (χ2n) is 17.4. The number of benzene rings is 5. The average molecular weight is 712 g/mol. The lowest BCUT2D eigenvalue weighted by Gasteiger charge is -2.26. The molecule has 0 spiro atoms. The van der Waals surface area contributed by atoms with Gasteiger partial charge in [-0.2, -0.15) is 0 Å². The number of imidazole rings is 1. The predicted octanol–water partition coefficient (Wildman–Crippen LogP) is 13.6. The molecule has 2 heterocycles. The molecular formula is C50H53N3O. The summed E-state index contributed by atoms with van der Waals surface area (Å²) in [6.45, 7) is 22.7. The number of nitrogens with zero attached hydrogens (tertiary/aromatic N) is 3. The topological polar surface area (TPSA) is 50.9 Å². The molecule has 0 atom stereocenters. The van der Waals surface area contributed by atoms with Crippen LogP contribution in [-0.4, -0.2) is 19.6 Å². The Hall–Kier alpha value is -5.48. The van der Waals surface area contributed by atoms with E-state index in [4.69, 9.17) is 9.97 Å². The first kappa shape index (κ1) is 36.9. The van der Waals surface area contributed by atoms with Gasteiger partial charge in [-0.05, 0) is 110 Å². The molecule has 0 bridgehead atoms. The van der Waals surface area contributed by atoms with Crippen LogP contribution in [0, 0.1) is 0 Å². The van der Waals surface area contributed by atoms with Crippen molar-refractivity contribution in [1.29, 1.82) is 0 Å². The fourth-order valence-corrected chi connectivity index (χ4v) is 7.46. The van der Waals surface area contributed by atoms with E-state index in [0.29, 0.717) is 5.56 Å². The van der Waals surface area contributed by atoms with Gasteiger partial charge in [0, 0.05) is 17.3 Å². The van der Waals surface area contributed by atoms with Gasteiger partial charge in [0.2, 0.25) is 0 Å². The monoisotopic (exact) mass is 711 g/mol. The Morgan fingerprint density at radius 1 is 0.556 bits per heavy atom. The number of hydrogen-bond acceptors (Lipinski definition) is 3. The molecule has 0 saturated heterocycles. The Kier molecular flexibility index (Phi) is 9.60. The highest BCUT2D eigenvalue weighted by molar-refractivity contribution is 5.98. The van der Waals surface area contributed by atoms with Crippen molar-refractivity contribution in [2.75, 3.05) is 0 Å². The van der Waals surface area contributed by atoms with Crippen molar-refractivity contribution in [1.82, 2.24) is 14.5 Å². The number of pyridine rings is 1. The van der Waals surface area contributed by atoms with E-state index in [1.807, 2.05) is 36.5 Å². The summed E-state index contributed by atoms with van der Waals surface area (Å²) in [6, 6.07) is 40.7. The Morgan fingerprint density at radius 3 is 1.70 bits per heavy atom. The molecular weight excluding hydrogens is 659 g/mol. The number of phenols is 1. The van der Waals surface area contributed by atoms with Gasteiger partial charge in [0.1, 0.15) is 11.6 Å². The minimum Gasteiger partial charge on any atom is -0.507 e. The first-order chi connectivity index (χ1) is 25.6. The third-order valence-corrected chi connectivity index (χ3v) is 10.6. The summed E-state index contributed by atoms with van der Waals surface area (Å²) >= 11 is 0. The lowest BCUT2D eigenvalue weighted by Crippen LogP contribution is -2.16. The van der Waals surface area contributed by atoms with Crippen LogP contribution in [0.1, 0.15) is 103 Å². The van der Waals surface area contributed by atoms with E-state index in [0.717, 1.165) is 50.5 Å². The predicted molar refractivity (Wildman–Crippen MR) is 228 cm³/mol. The van der Waals surface area contributed by atoms with Crippen molar-refractivity contribution in [2.24, 2.45) is 0 Å². The molecule has 0 aliphatic rings. The van der Waals surface area contributed by atoms with E-state index >= 15 is 0 Å². The minimum atomic E-state index is -0.0175. The standard InChI is InChI=1S/C50H53N3O/c1-31(2)39-18-15-19-40(32(3)4)47(39)53-44-22-16-20-41(46(44)52-48(53)42-17-11-12-23-45(42)54)35-25-33(26-36(27-35)43-21-13-14-24-51-43)34-28-37(49(5,6)7)30-38(29-34)50(8,9)10/h11-32,54H,1-10H3. The Bertz CT molecular complexity index is 2410. The number of fused-ring (bicyclic) bond motifs is 1. The zero-order chi connectivity index (χ0) is 38.5. The highest BCUT2D eigenvalue weighted by Crippen LogP contribution is 2.43. The van der Waals surface area contributed by atoms with E-state index in [1.165, 1.54) is 27.8 Å². The fraction of sp³-hybridized carbons (Fsp3) is 0.280. The molecule has 54 heavy (non-hydrogen) atoms. The maximum atomic E-state index is 11.3. The second-order valence-corrected chi connectivity index (χ2v) is 17.4. The van der Waals surface area contributed by atoms with Gasteiger partial charge in [0.15, 0.2) is 0 Å². The summed E-state index contributed by atoms with van der Waals surface area (Å²) in [5, 5.41) is 11.3. The highest BCUT2D eigenvalue weighted by Gasteiger charge is 2.26. The van der Waals surface area contributed by atoms with Gasteiger partial charge in [-0.25, -0.2) is 4.98 Å². The maximum absolute atomic E-state index is 11.3. The van der Waals surface area contributed by atoms with Crippen LogP contribution in [0.2, 0.25) is 0 Å². The molecule has 0 saturated carbocycles. The quantitative estimate of drug-likeness (QED) is 0.179. The van der Waals surface area contributed by atoms with Crippen LogP contribution in [0.3, 0.4) is 0 Å². The second kappa shape index (κ2) is 14.1. The van der Waals surface area contributed by atoms with E-state index < -0.39 is 0 Å². The molecule has 0 fully saturated rings. The average Bonchev–Trinajstić information content (AvgIpc) is 3.53. The van der Waals surface area contributed by atoms with Crippen LogP contribution in [0.5, 0.6) is 5.75 Å². The van der Waals surface area contributed by atoms with E-state index in [2.05, 4.69) is 153 Å². The summed E-state index contributed by atoms with van der Waals surface area (Å²) in [7, 11) is 0. The van der Waals surface area contributed by atoms with Gasteiger partial charge in [-0.3, -0.25) is 9.55 Å². The van der Waals surface area contributed by atoms with E-state index in [-0.39, 0.29) is 28.4 Å². The Labute approximate surface area is 321 Å². The fourth-order valence-electron chi connectivity index (χ4n) is 7.46. The Morgan fingerprint density at radius 2 is 1.11 bits per heavy atom. The number of rotatable bonds is 7. The summed E-state index contributed by atoms with van der Waals surface area (Å²) in [4.78, 5) is 10.3. The number of para-hydroxylation sites is 3. The van der Waals surface area contributed by atoms with Gasteiger partial charge in [0.05, 0.1) is 28.0 Å². The molecule has 0 aliphatic heterocycles. The molecule has 7 aromatic rings. The summed E-state index contributed by atoms with van der Waals surface area (Å²) in [5.41, 5.74) is 15.2. The van der Waals surface area contributed by atoms with Crippen LogP contribution >= 0.6 is 0 Å². The summed E-state index contributed by atoms with van der Waals surface area (Å²) in [6.07, 6.45) is 1.86. The number of phenolic OH excluding ortho intramolecular Hbond substituents is 1. The molecule has 4 nitrogen and oxygen atoms in total. The van der Waals surface area contributed by atoms with E-state index in [9.17, 15) is 5.11 Å². The van der Waals surface area contributed by atoms with Crippen molar-refractivity contribution in [3.05, 3.63) is 144 Å². The van der Waals surface area contributed by atoms with Crippen molar-refractivity contribution < 1.29 is 5.11 Å². The van der Waals surface area contributed by atoms with Crippen LogP contribution in [0.15, 0.2) is 121 Å². The van der Waals surface area contributed by atoms with Crippen molar-refractivity contribution in [3.8, 4) is 56.3 Å². The van der Waals surface area contributed by atoms with Crippen molar-refractivity contribution >= 4 is 11.0 Å². The zero-order valence-electron chi connectivity index (χ0n) is 33.5. The molecule has 0 aliphatic carbocycles. The highest BCUT2D eigenvalue weighted by atomic mass is 16.3. The van der Waals surface area contributed by atoms with Crippen LogP contribution < -0.4 is 0 Å². The zero-order valence-corrected chi connectivity index (χ0v) is 33.5. The number of aromatic hydroxyl groups is 1. The first-order valence-electron chi connectivity index (χ1n) is 19.3. The summed E-state index contributed by atoms with van der Waals surface area (Å²) < 4.78 is 2.30. The van der Waals surface area contributed by atoms with Crippen molar-refractivity contribution in [3.63, 3.8) is 0 Å². The third-order valence-electron chi connectivity index (χ3n) is 10.6. The molecule has 0 amide bonds. The molecule has 1 N–H and O–H groups in total. The lowest BCUT2D eigenvalue weighted by molar-refractivity contribution is 0.477. The van der Waals surface area contributed by atoms with Crippen LogP contribution in [0.25, 0.3) is 61.6 Å². The smallest absolute Gasteiger partial charge is 0.149 e. The lowest BCUT2D eigenvalue weighted by atomic mass is 9.78. The molecule has 4 heteroatoms. The minimum absolute atomic E-state index is 0.0175. The van der Waals surface area contributed by atoms with Crippen LogP contribution in [-0.2, 0) is 10.8 Å². The van der Waals surface area contributed by atoms with Gasteiger partial charge in [-0.1, -0.05) is 136 Å². The first-order valence-corrected chi connectivity index (χ1v) is 19.3. The molecule has 274 valence electrons. The summed E-state index contributed by atoms with van der Waals surface area (Å²) in [5.74, 6) is 1.47. The van der Waals surface area contributed by atoms with Crippen LogP contribution in [0.4, 0.5) is 0 Å². The number of hydrogen-bond donors (Lipinski definition) is 1. The maximum Gasteiger partial charge on any atom is 0.149 e. The molecule has 7 rings (SSSR count).